The molecule has 2 aromatic carbocycles. The Hall–Kier alpha value is -2.39. The molecule has 0 spiro atoms. The first kappa shape index (κ1) is 14.2. The zero-order valence-electron chi connectivity index (χ0n) is 12.7. The topological polar surface area (TPSA) is 49.3 Å². The Morgan fingerprint density at radius 1 is 1.00 bits per heavy atom. The lowest BCUT2D eigenvalue weighted by molar-refractivity contribution is 0.0928. The van der Waals surface area contributed by atoms with E-state index in [9.17, 15) is 9.90 Å². The molecular weight excluding hydrogens is 286 g/mol. The van der Waals surface area contributed by atoms with Crippen LogP contribution in [0.3, 0.4) is 0 Å². The summed E-state index contributed by atoms with van der Waals surface area (Å²) in [5, 5.41) is 13.3. The summed E-state index contributed by atoms with van der Waals surface area (Å²) in [4.78, 5) is 12.3. The van der Waals surface area contributed by atoms with Gasteiger partial charge < -0.3 is 10.4 Å². The van der Waals surface area contributed by atoms with Gasteiger partial charge in [-0.3, -0.25) is 4.79 Å². The first-order valence-electron chi connectivity index (χ1n) is 8.04. The van der Waals surface area contributed by atoms with E-state index >= 15 is 0 Å². The number of carbonyl (C=O) groups is 1. The molecule has 4 rings (SSSR count). The molecule has 2 fully saturated rings. The van der Waals surface area contributed by atoms with Gasteiger partial charge in [-0.05, 0) is 24.1 Å². The lowest BCUT2D eigenvalue weighted by Crippen LogP contribution is -2.36. The maximum Gasteiger partial charge on any atom is 0.251 e. The Balaban J connectivity index is 1.49. The highest BCUT2D eigenvalue weighted by atomic mass is 16.3. The van der Waals surface area contributed by atoms with E-state index in [4.69, 9.17) is 0 Å². The van der Waals surface area contributed by atoms with E-state index in [-0.39, 0.29) is 29.9 Å². The predicted octanol–water partition coefficient (Wildman–Crippen LogP) is 2.88. The standard InChI is InChI=1S/C20H19NO2/c22-17-12-16(21-20(23)14-9-5-2-6-10-14)18-15(19(17)18)11-13-7-3-1-4-8-13/h1-11,16-19,22H,12H2,(H,21,23)/b15-11-/t16-,17+,18+,19-/m0/s1. The van der Waals surface area contributed by atoms with E-state index in [1.54, 1.807) is 0 Å². The van der Waals surface area contributed by atoms with Crippen molar-refractivity contribution in [1.29, 1.82) is 0 Å². The van der Waals surface area contributed by atoms with E-state index in [0.29, 0.717) is 12.0 Å². The van der Waals surface area contributed by atoms with Crippen LogP contribution in [-0.4, -0.2) is 23.2 Å². The summed E-state index contributed by atoms with van der Waals surface area (Å²) in [6, 6.07) is 19.4. The van der Waals surface area contributed by atoms with Gasteiger partial charge in [0.1, 0.15) is 0 Å². The van der Waals surface area contributed by atoms with Crippen molar-refractivity contribution < 1.29 is 9.90 Å². The van der Waals surface area contributed by atoms with Crippen LogP contribution in [0.4, 0.5) is 0 Å². The number of aliphatic hydroxyl groups is 1. The average Bonchev–Trinajstić information content (AvgIpc) is 3.19. The van der Waals surface area contributed by atoms with Crippen molar-refractivity contribution >= 4 is 12.0 Å². The molecule has 2 N–H and O–H groups in total. The van der Waals surface area contributed by atoms with Crippen LogP contribution in [-0.2, 0) is 0 Å². The van der Waals surface area contributed by atoms with E-state index in [1.165, 1.54) is 5.57 Å². The highest BCUT2D eigenvalue weighted by Crippen LogP contribution is 2.57. The van der Waals surface area contributed by atoms with Crippen molar-refractivity contribution in [3.8, 4) is 0 Å². The third-order valence-corrected chi connectivity index (χ3v) is 4.88. The summed E-state index contributed by atoms with van der Waals surface area (Å²) >= 11 is 0. The van der Waals surface area contributed by atoms with Crippen LogP contribution in [0.2, 0.25) is 0 Å². The van der Waals surface area contributed by atoms with Gasteiger partial charge in [0, 0.05) is 23.4 Å². The largest absolute Gasteiger partial charge is 0.392 e. The van der Waals surface area contributed by atoms with Gasteiger partial charge in [-0.1, -0.05) is 60.2 Å². The molecule has 0 radical (unpaired) electrons. The molecule has 0 saturated heterocycles. The summed E-state index contributed by atoms with van der Waals surface area (Å²) in [5.74, 6) is 0.420. The first-order valence-corrected chi connectivity index (χ1v) is 8.04. The molecule has 2 saturated carbocycles. The Labute approximate surface area is 135 Å². The molecule has 0 aromatic heterocycles. The van der Waals surface area contributed by atoms with Crippen LogP contribution < -0.4 is 5.32 Å². The molecule has 116 valence electrons. The molecule has 1 amide bonds. The summed E-state index contributed by atoms with van der Waals surface area (Å²) in [6.45, 7) is 0. The maximum atomic E-state index is 12.3. The van der Waals surface area contributed by atoms with Crippen LogP contribution >= 0.6 is 0 Å². The van der Waals surface area contributed by atoms with Crippen molar-refractivity contribution in [1.82, 2.24) is 5.32 Å². The first-order chi connectivity index (χ1) is 11.2. The van der Waals surface area contributed by atoms with Crippen LogP contribution in [0.15, 0.2) is 66.2 Å². The van der Waals surface area contributed by atoms with Crippen molar-refractivity contribution in [3.05, 3.63) is 77.4 Å². The third kappa shape index (κ3) is 2.68. The molecule has 0 aliphatic heterocycles. The zero-order chi connectivity index (χ0) is 15.8. The van der Waals surface area contributed by atoms with Crippen molar-refractivity contribution in [3.63, 3.8) is 0 Å². The number of hydrogen-bond donors (Lipinski definition) is 2. The van der Waals surface area contributed by atoms with Crippen molar-refractivity contribution in [2.75, 3.05) is 0 Å². The summed E-state index contributed by atoms with van der Waals surface area (Å²) < 4.78 is 0. The Morgan fingerprint density at radius 3 is 2.35 bits per heavy atom. The molecule has 3 heteroatoms. The number of nitrogens with one attached hydrogen (secondary N) is 1. The number of benzene rings is 2. The second-order valence-electron chi connectivity index (χ2n) is 6.36. The van der Waals surface area contributed by atoms with Gasteiger partial charge in [-0.25, -0.2) is 0 Å². The number of fused-ring (bicyclic) bond motifs is 1. The van der Waals surface area contributed by atoms with Crippen molar-refractivity contribution in [2.24, 2.45) is 11.8 Å². The maximum absolute atomic E-state index is 12.3. The minimum Gasteiger partial charge on any atom is -0.392 e. The minimum atomic E-state index is -0.351. The normalized spacial score (nSPS) is 30.0. The van der Waals surface area contributed by atoms with Gasteiger partial charge in [0.25, 0.3) is 5.91 Å². The fourth-order valence-corrected chi connectivity index (χ4v) is 3.75. The number of aliphatic hydroxyl groups excluding tert-OH is 1. The molecule has 3 nitrogen and oxygen atoms in total. The van der Waals surface area contributed by atoms with Crippen LogP contribution in [0.25, 0.3) is 6.08 Å². The van der Waals surface area contributed by atoms with E-state index < -0.39 is 0 Å². The van der Waals surface area contributed by atoms with Crippen LogP contribution in [0.1, 0.15) is 22.3 Å². The Morgan fingerprint density at radius 2 is 1.65 bits per heavy atom. The smallest absolute Gasteiger partial charge is 0.251 e. The van der Waals surface area contributed by atoms with E-state index in [2.05, 4.69) is 23.5 Å². The molecule has 2 aliphatic rings. The monoisotopic (exact) mass is 305 g/mol. The summed E-state index contributed by atoms with van der Waals surface area (Å²) in [5.41, 5.74) is 3.07. The predicted molar refractivity (Wildman–Crippen MR) is 89.7 cm³/mol. The minimum absolute atomic E-state index is 0.0256. The van der Waals surface area contributed by atoms with Gasteiger partial charge in [0.05, 0.1) is 6.10 Å². The highest BCUT2D eigenvalue weighted by Gasteiger charge is 2.58. The van der Waals surface area contributed by atoms with Gasteiger partial charge in [-0.2, -0.15) is 0 Å². The van der Waals surface area contributed by atoms with Crippen LogP contribution in [0, 0.1) is 11.8 Å². The van der Waals surface area contributed by atoms with E-state index in [1.807, 2.05) is 48.5 Å². The second kappa shape index (κ2) is 5.67. The molecule has 23 heavy (non-hydrogen) atoms. The molecule has 2 aromatic rings. The van der Waals surface area contributed by atoms with Gasteiger partial charge in [0.15, 0.2) is 0 Å². The molecule has 0 unspecified atom stereocenters. The number of hydrogen-bond acceptors (Lipinski definition) is 2. The lowest BCUT2D eigenvalue weighted by Gasteiger charge is -2.16. The molecule has 4 atom stereocenters. The third-order valence-electron chi connectivity index (χ3n) is 4.88. The fraction of sp³-hybridized carbons (Fsp3) is 0.250. The van der Waals surface area contributed by atoms with Gasteiger partial charge >= 0.3 is 0 Å². The van der Waals surface area contributed by atoms with Gasteiger partial charge in [0.2, 0.25) is 0 Å². The average molecular weight is 305 g/mol. The lowest BCUT2D eigenvalue weighted by atomic mass is 10.1. The fourth-order valence-electron chi connectivity index (χ4n) is 3.75. The molecule has 0 bridgehead atoms. The quantitative estimate of drug-likeness (QED) is 0.916. The zero-order valence-corrected chi connectivity index (χ0v) is 12.7. The molecular formula is C20H19NO2. The second-order valence-corrected chi connectivity index (χ2v) is 6.36. The summed E-state index contributed by atoms with van der Waals surface area (Å²) in [6.07, 6.45) is 2.44. The molecule has 0 heterocycles. The Bertz CT molecular complexity index is 739. The number of rotatable bonds is 3. The number of carbonyl (C=O) groups excluding carboxylic acids is 1. The van der Waals surface area contributed by atoms with Gasteiger partial charge in [-0.15, -0.1) is 0 Å². The number of amides is 1. The highest BCUT2D eigenvalue weighted by molar-refractivity contribution is 5.94. The SMILES string of the molecule is O=C(N[C@H]1C[C@@H](O)[C@@H]2/C(=C\c3ccccc3)[C@@H]21)c1ccccc1. The van der Waals surface area contributed by atoms with Crippen molar-refractivity contribution in [2.45, 2.75) is 18.6 Å². The van der Waals surface area contributed by atoms with E-state index in [0.717, 1.165) is 5.56 Å². The Kier molecular flexibility index (Phi) is 3.50. The summed E-state index contributed by atoms with van der Waals surface area (Å²) in [7, 11) is 0. The van der Waals surface area contributed by atoms with Crippen LogP contribution in [0.5, 0.6) is 0 Å². The molecule has 2 aliphatic carbocycles.